The maximum absolute atomic E-state index is 11.8. The van der Waals surface area contributed by atoms with Crippen LogP contribution in [-0.2, 0) is 11.3 Å². The fraction of sp³-hybridized carbons (Fsp3) is 0.400. The van der Waals surface area contributed by atoms with Gasteiger partial charge in [0.1, 0.15) is 11.2 Å². The van der Waals surface area contributed by atoms with Gasteiger partial charge in [0.15, 0.2) is 5.65 Å². The molecule has 11 nitrogen and oxygen atoms in total. The van der Waals surface area contributed by atoms with Crippen molar-refractivity contribution in [1.82, 2.24) is 34.6 Å². The minimum Gasteiger partial charge on any atom is -0.377 e. The number of H-pyrrole nitrogens is 1. The predicted molar refractivity (Wildman–Crippen MR) is 158 cm³/mol. The number of halogens is 1. The van der Waals surface area contributed by atoms with Crippen LogP contribution >= 0.6 is 11.6 Å². The summed E-state index contributed by atoms with van der Waals surface area (Å²) in [6.45, 7) is 4.84. The number of nitrogens with one attached hydrogen (secondary N) is 1. The van der Waals surface area contributed by atoms with Gasteiger partial charge in [0, 0.05) is 29.9 Å². The van der Waals surface area contributed by atoms with Crippen molar-refractivity contribution in [2.45, 2.75) is 45.2 Å². The molecule has 7 rings (SSSR count). The van der Waals surface area contributed by atoms with E-state index < -0.39 is 5.76 Å². The van der Waals surface area contributed by atoms with Crippen LogP contribution in [0, 0.1) is 11.8 Å². The number of imidazole rings is 1. The molecule has 1 atom stereocenters. The maximum atomic E-state index is 11.8. The lowest BCUT2D eigenvalue weighted by Gasteiger charge is -2.37. The Kier molecular flexibility index (Phi) is 7.20. The van der Waals surface area contributed by atoms with Crippen molar-refractivity contribution in [3.63, 3.8) is 0 Å². The van der Waals surface area contributed by atoms with Crippen LogP contribution < -0.4 is 10.7 Å². The molecule has 1 saturated carbocycles. The van der Waals surface area contributed by atoms with E-state index in [1.165, 1.54) is 12.8 Å². The van der Waals surface area contributed by atoms with Gasteiger partial charge in [0.05, 0.1) is 24.9 Å². The zero-order valence-corrected chi connectivity index (χ0v) is 24.0. The Morgan fingerprint density at radius 3 is 2.71 bits per heavy atom. The lowest BCUT2D eigenvalue weighted by molar-refractivity contribution is 0.0916. The average Bonchev–Trinajstić information content (AvgIpc) is 3.62. The number of pyridine rings is 1. The molecule has 42 heavy (non-hydrogen) atoms. The fourth-order valence-corrected chi connectivity index (χ4v) is 6.31. The fourth-order valence-electron chi connectivity index (χ4n) is 6.12. The standard InChI is InChI=1S/C30H31ClN8O3/c1-18-8-10-19(11-9-18)16-39-25-24(20-5-4-6-21(31)15-20)33-27(28-36-30(40)42-37-28)34-26(25)35-29(39)38-13-14-41-17-23(38)22-7-2-3-12-32-22/h2-7,12,15,18-19,23H,8-11,13-14,16-17H2,1H3,(H,36,37,40)/t18?,19?,23-/m0/s1. The Hall–Kier alpha value is -4.09. The molecule has 0 bridgehead atoms. The smallest absolute Gasteiger partial charge is 0.377 e. The summed E-state index contributed by atoms with van der Waals surface area (Å²) in [7, 11) is 0. The molecule has 0 radical (unpaired) electrons. The largest absolute Gasteiger partial charge is 0.439 e. The van der Waals surface area contributed by atoms with E-state index in [0.29, 0.717) is 42.0 Å². The molecule has 1 aromatic carbocycles. The highest BCUT2D eigenvalue weighted by Crippen LogP contribution is 2.38. The van der Waals surface area contributed by atoms with E-state index in [1.807, 2.05) is 48.7 Å². The van der Waals surface area contributed by atoms with Crippen molar-refractivity contribution in [1.29, 1.82) is 0 Å². The molecule has 1 N–H and O–H groups in total. The number of anilines is 1. The summed E-state index contributed by atoms with van der Waals surface area (Å²) in [5.41, 5.74) is 3.71. The van der Waals surface area contributed by atoms with E-state index in [9.17, 15) is 4.79 Å². The predicted octanol–water partition coefficient (Wildman–Crippen LogP) is 5.29. The Morgan fingerprint density at radius 2 is 1.95 bits per heavy atom. The summed E-state index contributed by atoms with van der Waals surface area (Å²) >= 11 is 6.46. The Morgan fingerprint density at radius 1 is 1.07 bits per heavy atom. The van der Waals surface area contributed by atoms with E-state index in [-0.39, 0.29) is 17.7 Å². The van der Waals surface area contributed by atoms with E-state index >= 15 is 0 Å². The van der Waals surface area contributed by atoms with E-state index in [0.717, 1.165) is 48.0 Å². The maximum Gasteiger partial charge on any atom is 0.439 e. The lowest BCUT2D eigenvalue weighted by atomic mass is 9.83. The molecule has 1 saturated heterocycles. The number of benzene rings is 1. The summed E-state index contributed by atoms with van der Waals surface area (Å²) in [5, 5.41) is 4.44. The minimum absolute atomic E-state index is 0.115. The summed E-state index contributed by atoms with van der Waals surface area (Å²) in [6, 6.07) is 13.4. The number of aromatic amines is 1. The third-order valence-corrected chi connectivity index (χ3v) is 8.56. The minimum atomic E-state index is -0.678. The van der Waals surface area contributed by atoms with Gasteiger partial charge in [-0.25, -0.2) is 14.8 Å². The third-order valence-electron chi connectivity index (χ3n) is 8.32. The van der Waals surface area contributed by atoms with Crippen molar-refractivity contribution in [2.24, 2.45) is 11.8 Å². The first-order chi connectivity index (χ1) is 20.5. The van der Waals surface area contributed by atoms with E-state index in [4.69, 9.17) is 35.8 Å². The monoisotopic (exact) mass is 586 g/mol. The van der Waals surface area contributed by atoms with Crippen LogP contribution in [0.15, 0.2) is 58.0 Å². The third kappa shape index (κ3) is 5.18. The molecular formula is C30H31ClN8O3. The van der Waals surface area contributed by atoms with Crippen molar-refractivity contribution in [2.75, 3.05) is 24.7 Å². The molecule has 2 aliphatic rings. The van der Waals surface area contributed by atoms with Gasteiger partial charge in [-0.15, -0.1) is 0 Å². The second-order valence-electron chi connectivity index (χ2n) is 11.2. The number of ether oxygens (including phenoxy) is 1. The average molecular weight is 587 g/mol. The number of rotatable bonds is 6. The van der Waals surface area contributed by atoms with Crippen LogP contribution in [0.1, 0.15) is 44.3 Å². The van der Waals surface area contributed by atoms with Gasteiger partial charge in [-0.05, 0) is 48.9 Å². The van der Waals surface area contributed by atoms with Crippen LogP contribution in [0.25, 0.3) is 34.1 Å². The molecule has 216 valence electrons. The van der Waals surface area contributed by atoms with Crippen LogP contribution in [0.3, 0.4) is 0 Å². The highest BCUT2D eigenvalue weighted by Gasteiger charge is 2.33. The highest BCUT2D eigenvalue weighted by molar-refractivity contribution is 6.30. The Labute approximate surface area is 246 Å². The molecule has 12 heteroatoms. The Bertz CT molecular complexity index is 1760. The van der Waals surface area contributed by atoms with Crippen molar-refractivity contribution >= 4 is 28.7 Å². The first kappa shape index (κ1) is 26.8. The van der Waals surface area contributed by atoms with Crippen LogP contribution in [0.5, 0.6) is 0 Å². The molecule has 1 aliphatic carbocycles. The van der Waals surface area contributed by atoms with Gasteiger partial charge >= 0.3 is 5.76 Å². The highest BCUT2D eigenvalue weighted by atomic mass is 35.5. The zero-order valence-electron chi connectivity index (χ0n) is 23.2. The number of hydrogen-bond acceptors (Lipinski definition) is 9. The number of morpholine rings is 1. The van der Waals surface area contributed by atoms with Gasteiger partial charge in [-0.2, -0.15) is 4.98 Å². The normalized spacial score (nSPS) is 21.2. The van der Waals surface area contributed by atoms with Crippen molar-refractivity contribution in [3.05, 3.63) is 69.9 Å². The molecular weight excluding hydrogens is 556 g/mol. The van der Waals surface area contributed by atoms with E-state index in [1.54, 1.807) is 0 Å². The second kappa shape index (κ2) is 11.3. The van der Waals surface area contributed by atoms with Crippen LogP contribution in [0.4, 0.5) is 5.95 Å². The van der Waals surface area contributed by atoms with Gasteiger partial charge in [0.2, 0.25) is 17.6 Å². The zero-order chi connectivity index (χ0) is 28.6. The topological polar surface area (TPSA) is 128 Å². The van der Waals surface area contributed by atoms with Gasteiger partial charge in [0.25, 0.3) is 0 Å². The first-order valence-corrected chi connectivity index (χ1v) is 14.8. The second-order valence-corrected chi connectivity index (χ2v) is 11.6. The van der Waals surface area contributed by atoms with Crippen LogP contribution in [-0.4, -0.2) is 54.4 Å². The molecule has 2 fully saturated rings. The lowest BCUT2D eigenvalue weighted by Crippen LogP contribution is -2.41. The number of aromatic nitrogens is 7. The quantitative estimate of drug-likeness (QED) is 0.282. The SMILES string of the molecule is CC1CCC(Cn2c(N3CCOC[C@H]3c3ccccn3)nc3nc(-c4noc(=O)[nH]4)nc(-c4cccc(Cl)c4)c32)CC1. The van der Waals surface area contributed by atoms with Crippen LogP contribution in [0.2, 0.25) is 5.02 Å². The number of fused-ring (bicyclic) bond motifs is 1. The molecule has 0 unspecified atom stereocenters. The Balaban J connectivity index is 1.45. The number of nitrogens with zero attached hydrogens (tertiary/aromatic N) is 7. The summed E-state index contributed by atoms with van der Waals surface area (Å²) in [4.78, 5) is 36.2. The summed E-state index contributed by atoms with van der Waals surface area (Å²) < 4.78 is 13.0. The molecule has 4 aromatic heterocycles. The van der Waals surface area contributed by atoms with Gasteiger partial charge < -0.3 is 14.2 Å². The van der Waals surface area contributed by atoms with Gasteiger partial charge in [-0.3, -0.25) is 14.5 Å². The molecule has 5 aromatic rings. The van der Waals surface area contributed by atoms with E-state index in [2.05, 4.69) is 31.5 Å². The summed E-state index contributed by atoms with van der Waals surface area (Å²) in [5.74, 6) is 1.71. The first-order valence-electron chi connectivity index (χ1n) is 14.4. The molecule has 5 heterocycles. The summed E-state index contributed by atoms with van der Waals surface area (Å²) in [6.07, 6.45) is 6.53. The molecule has 1 aliphatic heterocycles. The molecule has 0 spiro atoms. The number of hydrogen-bond donors (Lipinski definition) is 1. The van der Waals surface area contributed by atoms with Crippen molar-refractivity contribution < 1.29 is 9.26 Å². The van der Waals surface area contributed by atoms with Crippen molar-refractivity contribution in [3.8, 4) is 22.9 Å². The van der Waals surface area contributed by atoms with Gasteiger partial charge in [-0.1, -0.05) is 54.7 Å². The molecule has 0 amide bonds.